The Labute approximate surface area is 115 Å². The maximum Gasteiger partial charge on any atom is 0.307 e. The molecule has 3 rings (SSSR count). The molecule has 108 valence electrons. The fourth-order valence-corrected chi connectivity index (χ4v) is 2.63. The van der Waals surface area contributed by atoms with Gasteiger partial charge in [-0.1, -0.05) is 0 Å². The van der Waals surface area contributed by atoms with Gasteiger partial charge < -0.3 is 19.9 Å². The SMILES string of the molecule is O=C(O)C1CNC(c2cc3c(cc2F)OCCCO3)C1. The third-order valence-corrected chi connectivity index (χ3v) is 3.72. The molecule has 1 aromatic carbocycles. The third kappa shape index (κ3) is 2.43. The van der Waals surface area contributed by atoms with Gasteiger partial charge in [-0.05, 0) is 12.5 Å². The Morgan fingerprint density at radius 1 is 1.30 bits per heavy atom. The number of hydrogen-bond acceptors (Lipinski definition) is 4. The molecule has 0 radical (unpaired) electrons. The van der Waals surface area contributed by atoms with Gasteiger partial charge in [-0.25, -0.2) is 4.39 Å². The first kappa shape index (κ1) is 13.2. The summed E-state index contributed by atoms with van der Waals surface area (Å²) in [5.74, 6) is -0.779. The highest BCUT2D eigenvalue weighted by atomic mass is 19.1. The molecule has 2 unspecified atom stereocenters. The standard InChI is InChI=1S/C14H16FNO4/c15-10-6-13-12(19-2-1-3-20-13)5-9(10)11-4-8(7-16-11)14(17)18/h5-6,8,11,16H,1-4,7H2,(H,17,18). The quantitative estimate of drug-likeness (QED) is 0.864. The second-order valence-electron chi connectivity index (χ2n) is 5.10. The predicted molar refractivity (Wildman–Crippen MR) is 68.5 cm³/mol. The number of hydrogen-bond donors (Lipinski definition) is 2. The minimum atomic E-state index is -0.852. The van der Waals surface area contributed by atoms with Crippen LogP contribution >= 0.6 is 0 Å². The summed E-state index contributed by atoms with van der Waals surface area (Å²) in [6.07, 6.45) is 1.14. The molecule has 5 nitrogen and oxygen atoms in total. The number of ether oxygens (including phenoxy) is 2. The number of carbonyl (C=O) groups is 1. The van der Waals surface area contributed by atoms with Crippen molar-refractivity contribution < 1.29 is 23.8 Å². The topological polar surface area (TPSA) is 67.8 Å². The number of halogens is 1. The van der Waals surface area contributed by atoms with Gasteiger partial charge in [0.2, 0.25) is 0 Å². The molecule has 0 amide bonds. The van der Waals surface area contributed by atoms with Crippen molar-refractivity contribution in [3.8, 4) is 11.5 Å². The van der Waals surface area contributed by atoms with Gasteiger partial charge >= 0.3 is 5.97 Å². The van der Waals surface area contributed by atoms with E-state index in [0.717, 1.165) is 6.42 Å². The molecule has 0 aliphatic carbocycles. The molecule has 2 atom stereocenters. The van der Waals surface area contributed by atoms with Gasteiger partial charge in [-0.3, -0.25) is 4.79 Å². The lowest BCUT2D eigenvalue weighted by molar-refractivity contribution is -0.141. The van der Waals surface area contributed by atoms with E-state index in [4.69, 9.17) is 14.6 Å². The molecule has 1 aromatic rings. The van der Waals surface area contributed by atoms with Crippen molar-refractivity contribution in [2.45, 2.75) is 18.9 Å². The van der Waals surface area contributed by atoms with Crippen molar-refractivity contribution in [1.82, 2.24) is 5.32 Å². The monoisotopic (exact) mass is 281 g/mol. The van der Waals surface area contributed by atoms with Crippen LogP contribution in [0, 0.1) is 11.7 Å². The van der Waals surface area contributed by atoms with Crippen LogP contribution in [0.15, 0.2) is 12.1 Å². The van der Waals surface area contributed by atoms with Crippen LogP contribution in [0.25, 0.3) is 0 Å². The Kier molecular flexibility index (Phi) is 3.48. The molecule has 2 aliphatic rings. The fraction of sp³-hybridized carbons (Fsp3) is 0.500. The summed E-state index contributed by atoms with van der Waals surface area (Å²) in [7, 11) is 0. The molecule has 0 aromatic heterocycles. The highest BCUT2D eigenvalue weighted by Gasteiger charge is 2.32. The molecule has 6 heteroatoms. The molecule has 0 bridgehead atoms. The molecular formula is C14H16FNO4. The average molecular weight is 281 g/mol. The maximum atomic E-state index is 14.2. The summed E-state index contributed by atoms with van der Waals surface area (Å²) in [4.78, 5) is 11.0. The predicted octanol–water partition coefficient (Wildman–Crippen LogP) is 1.72. The Bertz CT molecular complexity index is 534. The van der Waals surface area contributed by atoms with Gasteiger partial charge in [0.1, 0.15) is 5.82 Å². The highest BCUT2D eigenvalue weighted by Crippen LogP contribution is 2.37. The van der Waals surface area contributed by atoms with Crippen molar-refractivity contribution >= 4 is 5.97 Å². The number of aliphatic carboxylic acids is 1. The van der Waals surface area contributed by atoms with E-state index in [1.54, 1.807) is 6.07 Å². The van der Waals surface area contributed by atoms with E-state index in [9.17, 15) is 9.18 Å². The number of nitrogens with one attached hydrogen (secondary N) is 1. The molecule has 20 heavy (non-hydrogen) atoms. The van der Waals surface area contributed by atoms with Gasteiger partial charge in [0, 0.05) is 30.6 Å². The second-order valence-corrected chi connectivity index (χ2v) is 5.10. The number of rotatable bonds is 2. The summed E-state index contributed by atoms with van der Waals surface area (Å²) in [6.45, 7) is 1.40. The first-order chi connectivity index (χ1) is 9.65. The normalized spacial score (nSPS) is 25.2. The molecule has 2 aliphatic heterocycles. The van der Waals surface area contributed by atoms with Crippen LogP contribution in [0.3, 0.4) is 0 Å². The number of fused-ring (bicyclic) bond motifs is 1. The van der Waals surface area contributed by atoms with Crippen LogP contribution in [0.2, 0.25) is 0 Å². The molecule has 1 fully saturated rings. The zero-order chi connectivity index (χ0) is 14.1. The van der Waals surface area contributed by atoms with Crippen LogP contribution < -0.4 is 14.8 Å². The zero-order valence-corrected chi connectivity index (χ0v) is 10.9. The van der Waals surface area contributed by atoms with Crippen LogP contribution in [0.4, 0.5) is 4.39 Å². The van der Waals surface area contributed by atoms with Crippen molar-refractivity contribution in [3.05, 3.63) is 23.5 Å². The van der Waals surface area contributed by atoms with Crippen molar-refractivity contribution in [3.63, 3.8) is 0 Å². The van der Waals surface area contributed by atoms with Gasteiger partial charge in [-0.2, -0.15) is 0 Å². The lowest BCUT2D eigenvalue weighted by Gasteiger charge is -2.15. The van der Waals surface area contributed by atoms with E-state index >= 15 is 0 Å². The Morgan fingerprint density at radius 2 is 2.00 bits per heavy atom. The first-order valence-electron chi connectivity index (χ1n) is 6.70. The fourth-order valence-electron chi connectivity index (χ4n) is 2.63. The average Bonchev–Trinajstić information content (AvgIpc) is 2.79. The highest BCUT2D eigenvalue weighted by molar-refractivity contribution is 5.70. The van der Waals surface area contributed by atoms with Gasteiger partial charge in [0.15, 0.2) is 11.5 Å². The summed E-state index contributed by atoms with van der Waals surface area (Å²) in [5.41, 5.74) is 0.443. The van der Waals surface area contributed by atoms with Gasteiger partial charge in [0.25, 0.3) is 0 Å². The number of carboxylic acids is 1. The maximum absolute atomic E-state index is 14.2. The molecule has 2 N–H and O–H groups in total. The second kappa shape index (κ2) is 5.28. The summed E-state index contributed by atoms with van der Waals surface area (Å²) < 4.78 is 25.1. The molecule has 1 saturated heterocycles. The lowest BCUT2D eigenvalue weighted by Crippen LogP contribution is -2.17. The van der Waals surface area contributed by atoms with Crippen molar-refractivity contribution in [2.75, 3.05) is 19.8 Å². The van der Waals surface area contributed by atoms with Crippen molar-refractivity contribution in [1.29, 1.82) is 0 Å². The third-order valence-electron chi connectivity index (χ3n) is 3.72. The van der Waals surface area contributed by atoms with E-state index in [-0.39, 0.29) is 6.04 Å². The van der Waals surface area contributed by atoms with Crippen LogP contribution in [-0.2, 0) is 4.79 Å². The van der Waals surface area contributed by atoms with E-state index in [1.807, 2.05) is 0 Å². The Balaban J connectivity index is 1.87. The van der Waals surface area contributed by atoms with Crippen LogP contribution in [0.1, 0.15) is 24.4 Å². The van der Waals surface area contributed by atoms with Crippen LogP contribution in [0.5, 0.6) is 11.5 Å². The van der Waals surface area contributed by atoms with Crippen molar-refractivity contribution in [2.24, 2.45) is 5.92 Å². The number of benzene rings is 1. The zero-order valence-electron chi connectivity index (χ0n) is 10.9. The lowest BCUT2D eigenvalue weighted by atomic mass is 9.99. The number of carboxylic acid groups (broad SMARTS) is 1. The molecule has 0 spiro atoms. The Hall–Kier alpha value is -1.82. The smallest absolute Gasteiger partial charge is 0.307 e. The van der Waals surface area contributed by atoms with E-state index < -0.39 is 17.7 Å². The van der Waals surface area contributed by atoms with Crippen LogP contribution in [-0.4, -0.2) is 30.8 Å². The van der Waals surface area contributed by atoms with Gasteiger partial charge in [-0.15, -0.1) is 0 Å². The van der Waals surface area contributed by atoms with E-state index in [2.05, 4.69) is 5.32 Å². The summed E-state index contributed by atoms with van der Waals surface area (Å²) >= 11 is 0. The Morgan fingerprint density at radius 3 is 2.65 bits per heavy atom. The van der Waals surface area contributed by atoms with Gasteiger partial charge in [0.05, 0.1) is 19.1 Å². The minimum absolute atomic E-state index is 0.298. The minimum Gasteiger partial charge on any atom is -0.490 e. The molecule has 2 heterocycles. The molecule has 0 saturated carbocycles. The first-order valence-corrected chi connectivity index (χ1v) is 6.70. The molecular weight excluding hydrogens is 265 g/mol. The summed E-state index contributed by atoms with van der Waals surface area (Å²) in [5, 5.41) is 12.0. The summed E-state index contributed by atoms with van der Waals surface area (Å²) in [6, 6.07) is 2.65. The van der Waals surface area contributed by atoms with E-state index in [0.29, 0.717) is 43.2 Å². The van der Waals surface area contributed by atoms with E-state index in [1.165, 1.54) is 6.07 Å². The largest absolute Gasteiger partial charge is 0.490 e.